The van der Waals surface area contributed by atoms with E-state index >= 15 is 0 Å². The molecule has 0 radical (unpaired) electrons. The van der Waals surface area contributed by atoms with Crippen molar-refractivity contribution in [1.82, 2.24) is 9.97 Å². The molecule has 2 aromatic heterocycles. The van der Waals surface area contributed by atoms with Gasteiger partial charge in [-0.15, -0.1) is 0 Å². The van der Waals surface area contributed by atoms with Gasteiger partial charge < -0.3 is 18.3 Å². The monoisotopic (exact) mass is 662 g/mol. The normalized spacial score (nSPS) is 12.6. The predicted octanol–water partition coefficient (Wildman–Crippen LogP) is 10.5. The maximum Gasteiger partial charge on any atom is 0.416 e. The molecule has 0 saturated carbocycles. The Bertz CT molecular complexity index is 1420. The van der Waals surface area contributed by atoms with Crippen molar-refractivity contribution in [3.8, 4) is 0 Å². The van der Waals surface area contributed by atoms with Gasteiger partial charge in [-0.2, -0.15) is 26.3 Å². The van der Waals surface area contributed by atoms with Crippen LogP contribution >= 0.6 is 0 Å². The van der Waals surface area contributed by atoms with Gasteiger partial charge in [-0.1, -0.05) is 56.4 Å². The van der Waals surface area contributed by atoms with Crippen LogP contribution in [0.15, 0.2) is 69.9 Å². The lowest BCUT2D eigenvalue weighted by molar-refractivity contribution is -0.138. The highest BCUT2D eigenvalue weighted by molar-refractivity contribution is 5.66. The lowest BCUT2D eigenvalue weighted by Crippen LogP contribution is -2.03. The number of alkyl halides is 6. The number of aromatic nitrogens is 2. The summed E-state index contributed by atoms with van der Waals surface area (Å²) in [5, 5.41) is 0. The molecule has 2 heterocycles. The van der Waals surface area contributed by atoms with Crippen molar-refractivity contribution in [3.63, 3.8) is 0 Å². The van der Waals surface area contributed by atoms with Gasteiger partial charge >= 0.3 is 12.4 Å². The average molecular weight is 663 g/mol. The van der Waals surface area contributed by atoms with E-state index in [1.54, 1.807) is 24.3 Å². The number of rotatable bonds is 18. The number of halogens is 6. The second kappa shape index (κ2) is 17.7. The molecule has 2 aromatic carbocycles. The fourth-order valence-corrected chi connectivity index (χ4v) is 4.48. The lowest BCUT2D eigenvalue weighted by atomic mass is 10.1. The zero-order chi connectivity index (χ0) is 33.5. The smallest absolute Gasteiger partial charge is 0.416 e. The van der Waals surface area contributed by atoms with Crippen LogP contribution < -0.4 is 0 Å². The van der Waals surface area contributed by atoms with Crippen LogP contribution in [-0.4, -0.2) is 23.2 Å². The number of hydrogen-bond acceptors (Lipinski definition) is 6. The van der Waals surface area contributed by atoms with Gasteiger partial charge in [0, 0.05) is 25.4 Å². The van der Waals surface area contributed by atoms with Gasteiger partial charge in [-0.05, 0) is 60.4 Å². The summed E-state index contributed by atoms with van der Waals surface area (Å²) in [7, 11) is 0. The van der Waals surface area contributed by atoms with Gasteiger partial charge in [-0.3, -0.25) is 0 Å². The fraction of sp³-hybridized carbons (Fsp3) is 0.371. The van der Waals surface area contributed by atoms with Crippen molar-refractivity contribution in [2.24, 2.45) is 0 Å². The van der Waals surface area contributed by atoms with Crippen LogP contribution in [0.5, 0.6) is 0 Å². The maximum atomic E-state index is 12.7. The summed E-state index contributed by atoms with van der Waals surface area (Å²) in [6, 6.07) is 9.69. The van der Waals surface area contributed by atoms with Gasteiger partial charge in [0.25, 0.3) is 0 Å². The highest BCUT2D eigenvalue weighted by Gasteiger charge is 2.30. The highest BCUT2D eigenvalue weighted by Crippen LogP contribution is 2.30. The third-order valence-corrected chi connectivity index (χ3v) is 7.03. The topological polar surface area (TPSA) is 70.5 Å². The van der Waals surface area contributed by atoms with Crippen LogP contribution in [0.3, 0.4) is 0 Å². The zero-order valence-electron chi connectivity index (χ0n) is 25.7. The Labute approximate surface area is 269 Å². The van der Waals surface area contributed by atoms with Gasteiger partial charge in [0.15, 0.2) is 0 Å². The number of oxazole rings is 2. The lowest BCUT2D eigenvalue weighted by Gasteiger charge is -2.05. The van der Waals surface area contributed by atoms with Gasteiger partial charge in [-0.25, -0.2) is 9.97 Å². The van der Waals surface area contributed by atoms with E-state index in [0.29, 0.717) is 60.7 Å². The Morgan fingerprint density at radius 2 is 0.872 bits per heavy atom. The summed E-state index contributed by atoms with van der Waals surface area (Å²) in [6.07, 6.45) is 8.16. The molecule has 0 fully saturated rings. The molecule has 0 N–H and O–H groups in total. The molecule has 252 valence electrons. The molecular weight excluding hydrogens is 626 g/mol. The van der Waals surface area contributed by atoms with Gasteiger partial charge in [0.2, 0.25) is 11.8 Å². The third-order valence-electron chi connectivity index (χ3n) is 7.03. The number of benzene rings is 2. The number of unbranched alkanes of at least 4 members (excludes halogenated alkanes) is 6. The van der Waals surface area contributed by atoms with Gasteiger partial charge in [0.05, 0.1) is 24.3 Å². The van der Waals surface area contributed by atoms with Crippen molar-refractivity contribution in [2.75, 3.05) is 13.2 Å². The van der Waals surface area contributed by atoms with E-state index in [9.17, 15) is 26.3 Å². The predicted molar refractivity (Wildman–Crippen MR) is 165 cm³/mol. The zero-order valence-corrected chi connectivity index (χ0v) is 25.7. The molecule has 0 saturated heterocycles. The van der Waals surface area contributed by atoms with Crippen molar-refractivity contribution in [3.05, 3.63) is 106 Å². The minimum Gasteiger partial charge on any atom is -0.445 e. The van der Waals surface area contributed by atoms with E-state index in [0.717, 1.165) is 69.2 Å². The minimum atomic E-state index is -4.36. The molecule has 0 aliphatic carbocycles. The molecule has 0 aliphatic rings. The van der Waals surface area contributed by atoms with Crippen molar-refractivity contribution < 1.29 is 44.7 Å². The summed E-state index contributed by atoms with van der Waals surface area (Å²) in [6.45, 7) is 1.89. The number of nitrogens with zero attached hydrogens (tertiary/aromatic N) is 2. The molecule has 0 bridgehead atoms. The van der Waals surface area contributed by atoms with Gasteiger partial charge in [0.1, 0.15) is 23.9 Å². The van der Waals surface area contributed by atoms with Crippen LogP contribution in [0, 0.1) is 0 Å². The van der Waals surface area contributed by atoms with Crippen LogP contribution in [-0.2, 0) is 35.0 Å². The first-order chi connectivity index (χ1) is 22.6. The van der Waals surface area contributed by atoms with Crippen molar-refractivity contribution in [1.29, 1.82) is 0 Å². The van der Waals surface area contributed by atoms with Crippen molar-refractivity contribution in [2.45, 2.75) is 70.5 Å². The summed E-state index contributed by atoms with van der Waals surface area (Å²) >= 11 is 0. The molecule has 0 unspecified atom stereocenters. The molecule has 6 nitrogen and oxygen atoms in total. The standard InChI is InChI=1S/C35H36F6N2O4/c36-34(37,38)28-14-8-26(9-15-28)12-18-32-42-30(24-46-32)22-44-20-6-4-2-1-3-5-7-21-45-23-31-25-47-33(43-31)19-13-27-10-16-29(17-11-27)35(39,40)41/h8-19,24-25H,1-7,20-23H2/b18-12+,19-13+. The Morgan fingerprint density at radius 3 is 1.23 bits per heavy atom. The molecule has 0 spiro atoms. The summed E-state index contributed by atoms with van der Waals surface area (Å²) in [5.74, 6) is 0.706. The SMILES string of the molecule is FC(F)(F)c1ccc(/C=C/c2nc(COCCCCCCCCCOCc3coc(/C=C/c4ccc(C(F)(F)F)cc4)n3)co2)cc1. The highest BCUT2D eigenvalue weighted by atomic mass is 19.4. The van der Waals surface area contributed by atoms with E-state index in [1.807, 2.05) is 0 Å². The Hall–Kier alpha value is -4.16. The summed E-state index contributed by atoms with van der Waals surface area (Å²) < 4.78 is 98.1. The number of ether oxygens (including phenoxy) is 2. The van der Waals surface area contributed by atoms with E-state index < -0.39 is 23.5 Å². The third kappa shape index (κ3) is 12.9. The summed E-state index contributed by atoms with van der Waals surface area (Å²) in [5.41, 5.74) is 1.13. The first-order valence-electron chi connectivity index (χ1n) is 15.3. The molecule has 12 heteroatoms. The minimum absolute atomic E-state index is 0.326. The van der Waals surface area contributed by atoms with Crippen LogP contribution in [0.1, 0.15) is 90.4 Å². The average Bonchev–Trinajstić information content (AvgIpc) is 3.70. The molecule has 0 aliphatic heterocycles. The molecular formula is C35H36F6N2O4. The van der Waals surface area contributed by atoms with Crippen LogP contribution in [0.2, 0.25) is 0 Å². The van der Waals surface area contributed by atoms with E-state index in [4.69, 9.17) is 18.3 Å². The molecule has 47 heavy (non-hydrogen) atoms. The van der Waals surface area contributed by atoms with E-state index in [2.05, 4.69) is 9.97 Å². The Kier molecular flexibility index (Phi) is 13.4. The van der Waals surface area contributed by atoms with E-state index in [1.165, 1.54) is 36.8 Å². The molecule has 0 amide bonds. The fourth-order valence-electron chi connectivity index (χ4n) is 4.48. The Morgan fingerprint density at radius 1 is 0.511 bits per heavy atom. The Balaban J connectivity index is 0.971. The second-order valence-electron chi connectivity index (χ2n) is 10.8. The summed E-state index contributed by atoms with van der Waals surface area (Å²) in [4.78, 5) is 8.62. The van der Waals surface area contributed by atoms with Crippen LogP contribution in [0.4, 0.5) is 26.3 Å². The largest absolute Gasteiger partial charge is 0.445 e. The first kappa shape index (κ1) is 35.7. The maximum absolute atomic E-state index is 12.7. The quantitative estimate of drug-likeness (QED) is 0.0780. The molecule has 4 rings (SSSR count). The second-order valence-corrected chi connectivity index (χ2v) is 10.8. The number of hydrogen-bond donors (Lipinski definition) is 0. The first-order valence-corrected chi connectivity index (χ1v) is 15.3. The van der Waals surface area contributed by atoms with Crippen molar-refractivity contribution >= 4 is 24.3 Å². The van der Waals surface area contributed by atoms with Crippen LogP contribution in [0.25, 0.3) is 24.3 Å². The van der Waals surface area contributed by atoms with E-state index in [-0.39, 0.29) is 0 Å². The molecule has 0 atom stereocenters. The molecule has 4 aromatic rings.